The van der Waals surface area contributed by atoms with E-state index in [1.165, 1.54) is 25.3 Å². The first-order chi connectivity index (χ1) is 12.4. The Morgan fingerprint density at radius 1 is 1.15 bits per heavy atom. The molecule has 1 heterocycles. The van der Waals surface area contributed by atoms with Gasteiger partial charge in [0.2, 0.25) is 0 Å². The lowest BCUT2D eigenvalue weighted by molar-refractivity contribution is -0.140. The van der Waals surface area contributed by atoms with Gasteiger partial charge in [-0.3, -0.25) is 4.79 Å². The highest BCUT2D eigenvalue weighted by Gasteiger charge is 2.41. The Labute approximate surface area is 148 Å². The van der Waals surface area contributed by atoms with Crippen LogP contribution < -0.4 is 9.47 Å². The maximum atomic E-state index is 11.9. The predicted molar refractivity (Wildman–Crippen MR) is 91.5 cm³/mol. The van der Waals surface area contributed by atoms with Gasteiger partial charge in [0.1, 0.15) is 17.8 Å². The van der Waals surface area contributed by atoms with Crippen molar-refractivity contribution in [3.8, 4) is 17.2 Å². The number of carboxylic acids is 2. The van der Waals surface area contributed by atoms with Crippen molar-refractivity contribution in [3.63, 3.8) is 0 Å². The van der Waals surface area contributed by atoms with Gasteiger partial charge in [-0.15, -0.1) is 0 Å². The molecule has 0 saturated heterocycles. The number of methoxy groups -OCH3 is 1. The number of aliphatic carboxylic acids is 2. The number of hydrogen-bond donors (Lipinski definition) is 3. The first kappa shape index (κ1) is 17.3. The fraction of sp³-hybridized carbons (Fsp3) is 0.158. The number of fused-ring (bicyclic) bond motifs is 1. The van der Waals surface area contributed by atoms with E-state index in [0.29, 0.717) is 22.4 Å². The second-order valence-electron chi connectivity index (χ2n) is 5.75. The molecule has 26 heavy (non-hydrogen) atoms. The van der Waals surface area contributed by atoms with Crippen LogP contribution in [0, 0.1) is 0 Å². The van der Waals surface area contributed by atoms with Crippen LogP contribution in [-0.2, 0) is 9.59 Å². The summed E-state index contributed by atoms with van der Waals surface area (Å²) in [5.41, 5.74) is 1.57. The van der Waals surface area contributed by atoms with Gasteiger partial charge in [-0.25, -0.2) is 4.79 Å². The third kappa shape index (κ3) is 3.19. The largest absolute Gasteiger partial charge is 0.504 e. The van der Waals surface area contributed by atoms with Gasteiger partial charge in [0.05, 0.1) is 7.11 Å². The normalized spacial score (nSPS) is 18.3. The molecule has 3 rings (SSSR count). The van der Waals surface area contributed by atoms with Crippen molar-refractivity contribution < 1.29 is 34.4 Å². The molecule has 7 nitrogen and oxygen atoms in total. The second-order valence-corrected chi connectivity index (χ2v) is 5.75. The molecule has 0 radical (unpaired) electrons. The van der Waals surface area contributed by atoms with E-state index in [1.807, 2.05) is 0 Å². The van der Waals surface area contributed by atoms with Crippen LogP contribution in [0.5, 0.6) is 17.2 Å². The molecular weight excluding hydrogens is 340 g/mol. The monoisotopic (exact) mass is 356 g/mol. The van der Waals surface area contributed by atoms with Crippen molar-refractivity contribution in [2.45, 2.75) is 12.0 Å². The van der Waals surface area contributed by atoms with Gasteiger partial charge >= 0.3 is 11.9 Å². The number of phenols is 1. The van der Waals surface area contributed by atoms with Crippen LogP contribution in [0.15, 0.2) is 42.5 Å². The summed E-state index contributed by atoms with van der Waals surface area (Å²) in [4.78, 5) is 22.5. The van der Waals surface area contributed by atoms with Crippen LogP contribution in [-0.4, -0.2) is 34.4 Å². The number of rotatable bonds is 5. The Morgan fingerprint density at radius 3 is 2.58 bits per heavy atom. The van der Waals surface area contributed by atoms with Crippen molar-refractivity contribution >= 4 is 18.0 Å². The summed E-state index contributed by atoms with van der Waals surface area (Å²) < 4.78 is 10.9. The molecule has 0 fully saturated rings. The van der Waals surface area contributed by atoms with E-state index in [4.69, 9.17) is 14.6 Å². The van der Waals surface area contributed by atoms with E-state index >= 15 is 0 Å². The lowest BCUT2D eigenvalue weighted by Crippen LogP contribution is -2.18. The zero-order valence-electron chi connectivity index (χ0n) is 13.7. The number of benzene rings is 2. The van der Waals surface area contributed by atoms with Gasteiger partial charge in [-0.1, -0.05) is 12.1 Å². The van der Waals surface area contributed by atoms with Gasteiger partial charge in [0.15, 0.2) is 11.5 Å². The molecule has 2 aromatic carbocycles. The average Bonchev–Trinajstić information content (AvgIpc) is 2.99. The number of aromatic hydroxyl groups is 1. The molecule has 0 spiro atoms. The van der Waals surface area contributed by atoms with Gasteiger partial charge < -0.3 is 24.8 Å². The van der Waals surface area contributed by atoms with E-state index < -0.39 is 24.0 Å². The Kier molecular flexibility index (Phi) is 4.53. The minimum absolute atomic E-state index is 0.0558. The summed E-state index contributed by atoms with van der Waals surface area (Å²) in [5, 5.41) is 28.2. The quantitative estimate of drug-likeness (QED) is 0.706. The van der Waals surface area contributed by atoms with E-state index in [1.54, 1.807) is 24.3 Å². The molecule has 1 aliphatic heterocycles. The zero-order valence-corrected chi connectivity index (χ0v) is 13.7. The number of carboxylic acid groups (broad SMARTS) is 2. The molecule has 134 valence electrons. The minimum Gasteiger partial charge on any atom is -0.504 e. The summed E-state index contributed by atoms with van der Waals surface area (Å²) in [5.74, 6) is -2.55. The Hall–Kier alpha value is -3.48. The molecule has 0 saturated carbocycles. The SMILES string of the molecule is COc1cc(C2Oc3ccc(/C=C/C(=O)O)cc3C2C(=O)O)ccc1O. The molecule has 7 heteroatoms. The molecule has 2 unspecified atom stereocenters. The molecule has 0 aliphatic carbocycles. The van der Waals surface area contributed by atoms with E-state index in [0.717, 1.165) is 6.08 Å². The van der Waals surface area contributed by atoms with Gasteiger partial charge in [-0.05, 0) is 41.5 Å². The van der Waals surface area contributed by atoms with Crippen LogP contribution in [0.1, 0.15) is 28.7 Å². The standard InChI is InChI=1S/C19H16O7/c1-25-15-9-11(4-5-13(15)20)18-17(19(23)24)12-8-10(3-7-16(21)22)2-6-14(12)26-18/h2-9,17-18,20H,1H3,(H,21,22)(H,23,24)/b7-3+. The predicted octanol–water partition coefficient (Wildman–Crippen LogP) is 2.80. The second kappa shape index (κ2) is 6.79. The van der Waals surface area contributed by atoms with Crippen LogP contribution in [0.2, 0.25) is 0 Å². The van der Waals surface area contributed by atoms with Crippen molar-refractivity contribution in [3.05, 3.63) is 59.2 Å². The number of carbonyl (C=O) groups is 2. The Morgan fingerprint density at radius 2 is 1.92 bits per heavy atom. The van der Waals surface area contributed by atoms with Crippen molar-refractivity contribution in [1.82, 2.24) is 0 Å². The lowest BCUT2D eigenvalue weighted by atomic mass is 9.90. The highest BCUT2D eigenvalue weighted by atomic mass is 16.5. The Balaban J connectivity index is 2.01. The van der Waals surface area contributed by atoms with Crippen LogP contribution in [0.25, 0.3) is 6.08 Å². The molecule has 1 aliphatic rings. The number of phenolic OH excluding ortho intramolecular Hbond substituents is 1. The smallest absolute Gasteiger partial charge is 0.328 e. The summed E-state index contributed by atoms with van der Waals surface area (Å²) >= 11 is 0. The lowest BCUT2D eigenvalue weighted by Gasteiger charge is -2.17. The summed E-state index contributed by atoms with van der Waals surface area (Å²) in [6.07, 6.45) is 1.57. The summed E-state index contributed by atoms with van der Waals surface area (Å²) in [7, 11) is 1.40. The maximum Gasteiger partial charge on any atom is 0.328 e. The molecule has 0 aromatic heterocycles. The van der Waals surface area contributed by atoms with Gasteiger partial charge in [0, 0.05) is 11.6 Å². The topological polar surface area (TPSA) is 113 Å². The third-order valence-electron chi connectivity index (χ3n) is 4.14. The minimum atomic E-state index is -1.09. The molecule has 2 atom stereocenters. The van der Waals surface area contributed by atoms with Crippen LogP contribution in [0.4, 0.5) is 0 Å². The highest BCUT2D eigenvalue weighted by Crippen LogP contribution is 2.47. The van der Waals surface area contributed by atoms with E-state index in [2.05, 4.69) is 0 Å². The maximum absolute atomic E-state index is 11.9. The highest BCUT2D eigenvalue weighted by molar-refractivity contribution is 5.86. The molecule has 0 bridgehead atoms. The van der Waals surface area contributed by atoms with Gasteiger partial charge in [-0.2, -0.15) is 0 Å². The average molecular weight is 356 g/mol. The zero-order chi connectivity index (χ0) is 18.8. The van der Waals surface area contributed by atoms with Crippen molar-refractivity contribution in [1.29, 1.82) is 0 Å². The van der Waals surface area contributed by atoms with Gasteiger partial charge in [0.25, 0.3) is 0 Å². The first-order valence-electron chi connectivity index (χ1n) is 7.72. The van der Waals surface area contributed by atoms with E-state index in [-0.39, 0.29) is 11.5 Å². The fourth-order valence-corrected chi connectivity index (χ4v) is 2.95. The molecular formula is C19H16O7. The number of ether oxygens (including phenoxy) is 2. The first-order valence-corrected chi connectivity index (χ1v) is 7.72. The van der Waals surface area contributed by atoms with Crippen molar-refractivity contribution in [2.75, 3.05) is 7.11 Å². The van der Waals surface area contributed by atoms with E-state index in [9.17, 15) is 19.8 Å². The molecule has 2 aromatic rings. The Bertz CT molecular complexity index is 901. The fourth-order valence-electron chi connectivity index (χ4n) is 2.95. The number of hydrogen-bond acceptors (Lipinski definition) is 5. The van der Waals surface area contributed by atoms with Crippen LogP contribution in [0.3, 0.4) is 0 Å². The summed E-state index contributed by atoms with van der Waals surface area (Å²) in [6.45, 7) is 0. The summed E-state index contributed by atoms with van der Waals surface area (Å²) in [6, 6.07) is 9.40. The van der Waals surface area contributed by atoms with Crippen molar-refractivity contribution in [2.24, 2.45) is 0 Å². The molecule has 3 N–H and O–H groups in total. The molecule has 0 amide bonds. The third-order valence-corrected chi connectivity index (χ3v) is 4.14. The van der Waals surface area contributed by atoms with Crippen LogP contribution >= 0.6 is 0 Å².